The molecule has 1 heterocycles. The lowest BCUT2D eigenvalue weighted by Crippen LogP contribution is -2.11. The number of carbonyl (C=O) groups is 1. The summed E-state index contributed by atoms with van der Waals surface area (Å²) in [6, 6.07) is 14.9. The van der Waals surface area contributed by atoms with E-state index in [0.29, 0.717) is 11.5 Å². The molecule has 0 saturated carbocycles. The van der Waals surface area contributed by atoms with Crippen LogP contribution in [0.25, 0.3) is 11.5 Å². The number of nitrogens with one attached hydrogen (secondary N) is 1. The van der Waals surface area contributed by atoms with Crippen molar-refractivity contribution in [2.75, 3.05) is 11.1 Å². The van der Waals surface area contributed by atoms with Crippen LogP contribution in [0.5, 0.6) is 0 Å². The number of benzene rings is 2. The van der Waals surface area contributed by atoms with E-state index in [9.17, 15) is 4.79 Å². The largest absolute Gasteiger partial charge is 0.403 e. The maximum absolute atomic E-state index is 12.2. The fourth-order valence-electron chi connectivity index (χ4n) is 2.02. The summed E-state index contributed by atoms with van der Waals surface area (Å²) in [6.45, 7) is 2.09. The lowest BCUT2D eigenvalue weighted by atomic mass is 10.2. The van der Waals surface area contributed by atoms with Crippen molar-refractivity contribution in [2.24, 2.45) is 0 Å². The van der Waals surface area contributed by atoms with Gasteiger partial charge in [-0.2, -0.15) is 0 Å². The van der Waals surface area contributed by atoms with Crippen molar-refractivity contribution in [1.29, 1.82) is 0 Å². The molecular formula is C17H14BrN3O2S. The molecule has 0 aliphatic carbocycles. The molecule has 0 aliphatic heterocycles. The predicted molar refractivity (Wildman–Crippen MR) is 98.2 cm³/mol. The predicted octanol–water partition coefficient (Wildman–Crippen LogP) is 4.86. The van der Waals surface area contributed by atoms with Crippen LogP contribution in [0, 0.1) is 0 Å². The Bertz CT molecular complexity index is 832. The second-order valence-electron chi connectivity index (χ2n) is 4.83. The summed E-state index contributed by atoms with van der Waals surface area (Å²) in [5, 5.41) is 10.4. The van der Waals surface area contributed by atoms with E-state index in [-0.39, 0.29) is 11.9 Å². The van der Waals surface area contributed by atoms with E-state index in [1.165, 1.54) is 0 Å². The molecule has 0 bridgehead atoms. The van der Waals surface area contributed by atoms with Crippen LogP contribution in [0.2, 0.25) is 0 Å². The molecule has 2 aromatic carbocycles. The van der Waals surface area contributed by atoms with Gasteiger partial charge >= 0.3 is 6.01 Å². The van der Waals surface area contributed by atoms with Crippen molar-refractivity contribution in [2.45, 2.75) is 11.8 Å². The van der Waals surface area contributed by atoms with Crippen molar-refractivity contribution < 1.29 is 9.21 Å². The van der Waals surface area contributed by atoms with Crippen LogP contribution in [0.15, 0.2) is 62.3 Å². The maximum atomic E-state index is 12.2. The molecule has 0 radical (unpaired) electrons. The van der Waals surface area contributed by atoms with Crippen molar-refractivity contribution in [3.63, 3.8) is 0 Å². The van der Waals surface area contributed by atoms with Gasteiger partial charge < -0.3 is 4.42 Å². The fourth-order valence-corrected chi connectivity index (χ4v) is 2.95. The zero-order valence-electron chi connectivity index (χ0n) is 12.8. The smallest absolute Gasteiger partial charge is 0.322 e. The number of halogens is 1. The zero-order chi connectivity index (χ0) is 16.9. The van der Waals surface area contributed by atoms with E-state index in [4.69, 9.17) is 4.42 Å². The van der Waals surface area contributed by atoms with Crippen LogP contribution in [-0.2, 0) is 0 Å². The van der Waals surface area contributed by atoms with Crippen LogP contribution in [0.1, 0.15) is 17.3 Å². The standard InChI is InChI=1S/C17H14BrN3O2S/c1-2-24-14-9-5-11(6-10-14)15(22)19-17-21-20-16(23-17)12-3-7-13(18)8-4-12/h3-10H,2H2,1H3,(H,19,21,22). The summed E-state index contributed by atoms with van der Waals surface area (Å²) in [4.78, 5) is 13.4. The van der Waals surface area contributed by atoms with E-state index in [2.05, 4.69) is 38.4 Å². The second-order valence-corrected chi connectivity index (χ2v) is 7.08. The summed E-state index contributed by atoms with van der Waals surface area (Å²) in [5.41, 5.74) is 1.32. The zero-order valence-corrected chi connectivity index (χ0v) is 15.2. The van der Waals surface area contributed by atoms with Crippen LogP contribution in [-0.4, -0.2) is 21.9 Å². The summed E-state index contributed by atoms with van der Waals surface area (Å²) >= 11 is 5.10. The molecule has 1 amide bonds. The van der Waals surface area contributed by atoms with E-state index < -0.39 is 0 Å². The third-order valence-corrected chi connectivity index (χ3v) is 4.59. The molecule has 1 aromatic heterocycles. The third-order valence-electron chi connectivity index (χ3n) is 3.16. The van der Waals surface area contributed by atoms with Crippen LogP contribution >= 0.6 is 27.7 Å². The molecule has 5 nitrogen and oxygen atoms in total. The number of thioether (sulfide) groups is 1. The number of hydrogen-bond acceptors (Lipinski definition) is 5. The van der Waals surface area contributed by atoms with Gasteiger partial charge in [0.2, 0.25) is 5.89 Å². The van der Waals surface area contributed by atoms with E-state index >= 15 is 0 Å². The number of hydrogen-bond donors (Lipinski definition) is 1. The summed E-state index contributed by atoms with van der Waals surface area (Å²) in [6.07, 6.45) is 0. The normalized spacial score (nSPS) is 10.6. The highest BCUT2D eigenvalue weighted by Crippen LogP contribution is 2.22. The van der Waals surface area contributed by atoms with E-state index in [1.54, 1.807) is 23.9 Å². The first kappa shape index (κ1) is 16.7. The lowest BCUT2D eigenvalue weighted by molar-refractivity contribution is 0.102. The van der Waals surface area contributed by atoms with Crippen molar-refractivity contribution in [3.05, 3.63) is 58.6 Å². The van der Waals surface area contributed by atoms with Gasteiger partial charge in [-0.15, -0.1) is 16.9 Å². The highest BCUT2D eigenvalue weighted by Gasteiger charge is 2.12. The SMILES string of the molecule is CCSc1ccc(C(=O)Nc2nnc(-c3ccc(Br)cc3)o2)cc1. The van der Waals surface area contributed by atoms with Gasteiger partial charge in [-0.25, -0.2) is 0 Å². The molecule has 1 N–H and O–H groups in total. The average molecular weight is 404 g/mol. The number of rotatable bonds is 5. The molecule has 0 fully saturated rings. The Morgan fingerprint density at radius 1 is 1.12 bits per heavy atom. The number of nitrogens with zero attached hydrogens (tertiary/aromatic N) is 2. The minimum Gasteiger partial charge on any atom is -0.403 e. The van der Waals surface area contributed by atoms with Crippen molar-refractivity contribution >= 4 is 39.6 Å². The van der Waals surface area contributed by atoms with Gasteiger partial charge in [0, 0.05) is 20.5 Å². The molecule has 122 valence electrons. The first-order chi connectivity index (χ1) is 11.7. The Labute approximate surface area is 152 Å². The molecule has 3 rings (SSSR count). The molecule has 0 spiro atoms. The molecule has 24 heavy (non-hydrogen) atoms. The van der Waals surface area contributed by atoms with Gasteiger partial charge in [0.1, 0.15) is 0 Å². The summed E-state index contributed by atoms with van der Waals surface area (Å²) in [7, 11) is 0. The number of carbonyl (C=O) groups excluding carboxylic acids is 1. The van der Waals surface area contributed by atoms with Gasteiger partial charge in [0.05, 0.1) is 0 Å². The quantitative estimate of drug-likeness (QED) is 0.615. The average Bonchev–Trinajstić information content (AvgIpc) is 3.05. The van der Waals surface area contributed by atoms with Crippen molar-refractivity contribution in [3.8, 4) is 11.5 Å². The highest BCUT2D eigenvalue weighted by atomic mass is 79.9. The first-order valence-corrected chi connectivity index (χ1v) is 9.07. The Morgan fingerprint density at radius 2 is 1.83 bits per heavy atom. The van der Waals surface area contributed by atoms with Crippen molar-refractivity contribution in [1.82, 2.24) is 10.2 Å². The van der Waals surface area contributed by atoms with Crippen LogP contribution < -0.4 is 5.32 Å². The minimum atomic E-state index is -0.283. The number of amides is 1. The summed E-state index contributed by atoms with van der Waals surface area (Å²) in [5.74, 6) is 1.06. The molecule has 7 heteroatoms. The van der Waals surface area contributed by atoms with E-state index in [0.717, 1.165) is 20.7 Å². The van der Waals surface area contributed by atoms with Gasteiger partial charge in [0.15, 0.2) is 0 Å². The summed E-state index contributed by atoms with van der Waals surface area (Å²) < 4.78 is 6.45. The minimum absolute atomic E-state index is 0.0740. The van der Waals surface area contributed by atoms with Gasteiger partial charge in [-0.3, -0.25) is 10.1 Å². The topological polar surface area (TPSA) is 68.0 Å². The molecule has 0 unspecified atom stereocenters. The number of aromatic nitrogens is 2. The lowest BCUT2D eigenvalue weighted by Gasteiger charge is -2.02. The Hall–Kier alpha value is -2.12. The monoisotopic (exact) mass is 403 g/mol. The van der Waals surface area contributed by atoms with Gasteiger partial charge in [-0.1, -0.05) is 28.0 Å². The number of anilines is 1. The molecule has 0 aliphatic rings. The molecule has 3 aromatic rings. The highest BCUT2D eigenvalue weighted by molar-refractivity contribution is 9.10. The Morgan fingerprint density at radius 3 is 2.50 bits per heavy atom. The third kappa shape index (κ3) is 4.04. The van der Waals surface area contributed by atoms with Crippen LogP contribution in [0.3, 0.4) is 0 Å². The fraction of sp³-hybridized carbons (Fsp3) is 0.118. The van der Waals surface area contributed by atoms with Gasteiger partial charge in [-0.05, 0) is 54.3 Å². The maximum Gasteiger partial charge on any atom is 0.322 e. The molecular weight excluding hydrogens is 390 g/mol. The second kappa shape index (κ2) is 7.63. The van der Waals surface area contributed by atoms with E-state index in [1.807, 2.05) is 36.4 Å². The van der Waals surface area contributed by atoms with Crippen LogP contribution in [0.4, 0.5) is 6.01 Å². The molecule has 0 saturated heterocycles. The Kier molecular flexibility index (Phi) is 5.32. The first-order valence-electron chi connectivity index (χ1n) is 7.29. The van der Waals surface area contributed by atoms with Gasteiger partial charge in [0.25, 0.3) is 5.91 Å². The molecule has 0 atom stereocenters. The Balaban J connectivity index is 1.69.